The van der Waals surface area contributed by atoms with E-state index in [0.717, 1.165) is 19.0 Å². The second-order valence-electron chi connectivity index (χ2n) is 3.76. The van der Waals surface area contributed by atoms with Gasteiger partial charge in [-0.1, -0.05) is 0 Å². The van der Waals surface area contributed by atoms with Crippen molar-refractivity contribution in [1.82, 2.24) is 0 Å². The number of rotatable bonds is 5. The van der Waals surface area contributed by atoms with Gasteiger partial charge in [-0.15, -0.1) is 24.0 Å². The Kier molecular flexibility index (Phi) is 8.66. The molecule has 0 rings (SSSR count). The standard InChI is InChI=1S/C7H20O3P2.HI/c1-5-6-7-11(2,3)10-12(4,8)9;/h11H,5-7H2,1-4H3,(H,8,9);1H. The van der Waals surface area contributed by atoms with Gasteiger partial charge in [-0.2, -0.15) is 0 Å². The van der Waals surface area contributed by atoms with E-state index in [1.54, 1.807) is 0 Å². The Bertz CT molecular complexity index is 179. The fourth-order valence-corrected chi connectivity index (χ4v) is 6.35. The molecule has 0 radical (unpaired) electrons. The quantitative estimate of drug-likeness (QED) is 0.617. The largest absolute Gasteiger partial charge is 0.107 e. The molecule has 0 bridgehead atoms. The van der Waals surface area contributed by atoms with E-state index in [1.165, 1.54) is 6.66 Å². The molecule has 84 valence electrons. The van der Waals surface area contributed by atoms with Gasteiger partial charge in [0.25, 0.3) is 0 Å². The van der Waals surface area contributed by atoms with Crippen molar-refractivity contribution >= 4 is 39.1 Å². The van der Waals surface area contributed by atoms with Gasteiger partial charge < -0.3 is 0 Å². The van der Waals surface area contributed by atoms with Crippen molar-refractivity contribution in [3.05, 3.63) is 0 Å². The van der Waals surface area contributed by atoms with Crippen molar-refractivity contribution in [2.45, 2.75) is 19.8 Å². The zero-order valence-electron chi connectivity index (χ0n) is 8.74. The van der Waals surface area contributed by atoms with Crippen molar-refractivity contribution in [2.75, 3.05) is 26.2 Å². The summed E-state index contributed by atoms with van der Waals surface area (Å²) in [5.74, 6) is 0. The minimum absolute atomic E-state index is 0. The average molecular weight is 342 g/mol. The van der Waals surface area contributed by atoms with E-state index in [1.807, 2.05) is 13.3 Å². The van der Waals surface area contributed by atoms with Crippen molar-refractivity contribution in [2.24, 2.45) is 0 Å². The van der Waals surface area contributed by atoms with E-state index in [0.29, 0.717) is 0 Å². The predicted molar refractivity (Wildman–Crippen MR) is 72.2 cm³/mol. The summed E-state index contributed by atoms with van der Waals surface area (Å²) in [6.07, 6.45) is 3.15. The molecule has 1 atom stereocenters. The summed E-state index contributed by atoms with van der Waals surface area (Å²) in [4.78, 5) is 9.02. The molecular formula is C7H21IO3P2. The molecule has 0 aromatic heterocycles. The summed E-state index contributed by atoms with van der Waals surface area (Å²) in [6.45, 7) is 7.33. The van der Waals surface area contributed by atoms with Crippen LogP contribution in [-0.2, 0) is 8.88 Å². The summed E-state index contributed by atoms with van der Waals surface area (Å²) < 4.78 is 16.1. The summed E-state index contributed by atoms with van der Waals surface area (Å²) in [7, 11) is -5.14. The van der Waals surface area contributed by atoms with Gasteiger partial charge in [0.1, 0.15) is 0 Å². The van der Waals surface area contributed by atoms with Gasteiger partial charge in [-0.25, -0.2) is 0 Å². The maximum Gasteiger partial charge on any atom is -0.107 e. The minimum Gasteiger partial charge on any atom is -0.107 e. The Hall–Kier alpha value is 1.31. The third-order valence-electron chi connectivity index (χ3n) is 1.55. The second kappa shape index (κ2) is 6.73. The molecule has 0 aliphatic rings. The first-order chi connectivity index (χ1) is 5.27. The summed E-state index contributed by atoms with van der Waals surface area (Å²) >= 11 is 0. The van der Waals surface area contributed by atoms with E-state index in [4.69, 9.17) is 9.20 Å². The van der Waals surface area contributed by atoms with Crippen LogP contribution in [-0.4, -0.2) is 31.0 Å². The summed E-state index contributed by atoms with van der Waals surface area (Å²) in [6, 6.07) is 0. The first-order valence-corrected chi connectivity index (χ1v) is 9.42. The number of halogens is 1. The van der Waals surface area contributed by atoms with Gasteiger partial charge >= 0.3 is 74.8 Å². The molecule has 0 saturated heterocycles. The van der Waals surface area contributed by atoms with Crippen LogP contribution in [0.1, 0.15) is 19.8 Å². The van der Waals surface area contributed by atoms with Crippen LogP contribution in [0.2, 0.25) is 0 Å². The van der Waals surface area contributed by atoms with Gasteiger partial charge in [0, 0.05) is 0 Å². The zero-order valence-corrected chi connectivity index (χ0v) is 13.0. The number of hydrogen-bond acceptors (Lipinski definition) is 2. The molecule has 0 saturated carbocycles. The number of hydrogen-bond donors (Lipinski definition) is 1. The first kappa shape index (κ1) is 16.7. The Balaban J connectivity index is 0. The third-order valence-corrected chi connectivity index (χ3v) is 6.44. The van der Waals surface area contributed by atoms with Crippen molar-refractivity contribution < 1.29 is 13.8 Å². The number of unbranched alkanes of at least 4 members (excludes halogenated alkanes) is 1. The molecule has 1 N–H and O–H groups in total. The van der Waals surface area contributed by atoms with Gasteiger partial charge in [0.05, 0.1) is 0 Å². The Morgan fingerprint density at radius 2 is 1.92 bits per heavy atom. The van der Waals surface area contributed by atoms with Crippen LogP contribution in [0.5, 0.6) is 0 Å². The maximum absolute atomic E-state index is 11.0. The van der Waals surface area contributed by atoms with Crippen LogP contribution in [0.15, 0.2) is 0 Å². The van der Waals surface area contributed by atoms with Crippen molar-refractivity contribution in [3.63, 3.8) is 0 Å². The van der Waals surface area contributed by atoms with Crippen LogP contribution >= 0.6 is 39.1 Å². The SMILES string of the molecule is CCCC[PH](C)(C)OP(C)(=O)O.I. The molecular weight excluding hydrogens is 321 g/mol. The van der Waals surface area contributed by atoms with Crippen LogP contribution in [0.25, 0.3) is 0 Å². The second-order valence-corrected chi connectivity index (χ2v) is 10.1. The summed E-state index contributed by atoms with van der Waals surface area (Å²) in [5, 5.41) is 0. The first-order valence-electron chi connectivity index (χ1n) is 4.28. The topological polar surface area (TPSA) is 46.5 Å². The van der Waals surface area contributed by atoms with Crippen molar-refractivity contribution in [3.8, 4) is 0 Å². The minimum atomic E-state index is -3.27. The Labute approximate surface area is 98.6 Å². The predicted octanol–water partition coefficient (Wildman–Crippen LogP) is 3.16. The summed E-state index contributed by atoms with van der Waals surface area (Å²) in [5.41, 5.74) is 0. The van der Waals surface area contributed by atoms with Crippen LogP contribution < -0.4 is 0 Å². The monoisotopic (exact) mass is 342 g/mol. The smallest absolute Gasteiger partial charge is 0.107 e. The van der Waals surface area contributed by atoms with Crippen molar-refractivity contribution in [1.29, 1.82) is 0 Å². The maximum atomic E-state index is 11.0. The Morgan fingerprint density at radius 3 is 2.23 bits per heavy atom. The Morgan fingerprint density at radius 1 is 1.46 bits per heavy atom. The molecule has 0 aromatic carbocycles. The van der Waals surface area contributed by atoms with E-state index in [-0.39, 0.29) is 24.0 Å². The molecule has 0 spiro atoms. The van der Waals surface area contributed by atoms with Gasteiger partial charge in [-0.05, 0) is 0 Å². The van der Waals surface area contributed by atoms with E-state index >= 15 is 0 Å². The fraction of sp³-hybridized carbons (Fsp3) is 1.00. The normalized spacial score (nSPS) is 17.3. The molecule has 6 heteroatoms. The average Bonchev–Trinajstić information content (AvgIpc) is 1.78. The molecule has 3 nitrogen and oxygen atoms in total. The molecule has 0 amide bonds. The third kappa shape index (κ3) is 11.2. The molecule has 0 aliphatic heterocycles. The molecule has 0 aliphatic carbocycles. The fourth-order valence-electron chi connectivity index (χ4n) is 1.11. The molecule has 0 aromatic rings. The molecule has 0 heterocycles. The zero-order chi connectivity index (χ0) is 9.83. The molecule has 1 unspecified atom stereocenters. The van der Waals surface area contributed by atoms with Gasteiger partial charge in [0.2, 0.25) is 0 Å². The van der Waals surface area contributed by atoms with Crippen LogP contribution in [0.3, 0.4) is 0 Å². The van der Waals surface area contributed by atoms with Crippen LogP contribution in [0, 0.1) is 0 Å². The van der Waals surface area contributed by atoms with Gasteiger partial charge in [-0.3, -0.25) is 0 Å². The molecule has 0 fully saturated rings. The van der Waals surface area contributed by atoms with E-state index < -0.39 is 15.1 Å². The molecule has 13 heavy (non-hydrogen) atoms. The van der Waals surface area contributed by atoms with E-state index in [9.17, 15) is 4.57 Å². The van der Waals surface area contributed by atoms with E-state index in [2.05, 4.69) is 6.92 Å². The van der Waals surface area contributed by atoms with Gasteiger partial charge in [0.15, 0.2) is 0 Å². The van der Waals surface area contributed by atoms with Crippen LogP contribution in [0.4, 0.5) is 0 Å².